The first kappa shape index (κ1) is 15.8. The third-order valence-corrected chi connectivity index (χ3v) is 3.56. The number of aromatic hydroxyl groups is 1. The Labute approximate surface area is 124 Å². The lowest BCUT2D eigenvalue weighted by Crippen LogP contribution is -2.46. The summed E-state index contributed by atoms with van der Waals surface area (Å²) < 4.78 is 5.27. The van der Waals surface area contributed by atoms with Crippen molar-refractivity contribution in [2.45, 2.75) is 12.5 Å². The molecule has 1 fully saturated rings. The number of morpholine rings is 1. The number of nitrogens with zero attached hydrogens (tertiary/aromatic N) is 1. The van der Waals surface area contributed by atoms with Crippen molar-refractivity contribution in [3.05, 3.63) is 29.8 Å². The second kappa shape index (κ2) is 7.97. The third-order valence-electron chi connectivity index (χ3n) is 3.56. The molecule has 1 aliphatic rings. The van der Waals surface area contributed by atoms with Crippen LogP contribution in [0.25, 0.3) is 0 Å². The van der Waals surface area contributed by atoms with Gasteiger partial charge in [-0.3, -0.25) is 9.69 Å². The van der Waals surface area contributed by atoms with E-state index in [9.17, 15) is 9.90 Å². The topological polar surface area (TPSA) is 87.8 Å². The van der Waals surface area contributed by atoms with E-state index in [-0.39, 0.29) is 11.7 Å². The molecule has 21 heavy (non-hydrogen) atoms. The Morgan fingerprint density at radius 3 is 2.67 bits per heavy atom. The zero-order chi connectivity index (χ0) is 15.1. The van der Waals surface area contributed by atoms with Gasteiger partial charge in [-0.05, 0) is 24.1 Å². The van der Waals surface area contributed by atoms with E-state index in [1.807, 2.05) is 0 Å². The number of carbonyl (C=O) groups excluding carboxylic acids is 1. The molecule has 1 heterocycles. The van der Waals surface area contributed by atoms with Crippen LogP contribution in [0.15, 0.2) is 24.3 Å². The van der Waals surface area contributed by atoms with Gasteiger partial charge in [0.25, 0.3) is 0 Å². The number of benzene rings is 1. The third kappa shape index (κ3) is 5.34. The molecule has 1 atom stereocenters. The van der Waals surface area contributed by atoms with Gasteiger partial charge in [-0.15, -0.1) is 0 Å². The molecule has 0 aliphatic carbocycles. The van der Waals surface area contributed by atoms with Crippen LogP contribution < -0.4 is 11.1 Å². The maximum absolute atomic E-state index is 11.9. The molecule has 1 aromatic carbocycles. The quantitative estimate of drug-likeness (QED) is 0.671. The lowest BCUT2D eigenvalue weighted by atomic mass is 10.1. The Hall–Kier alpha value is -1.63. The van der Waals surface area contributed by atoms with Crippen molar-refractivity contribution < 1.29 is 14.6 Å². The predicted octanol–water partition coefficient (Wildman–Crippen LogP) is -0.290. The van der Waals surface area contributed by atoms with Crippen LogP contribution in [0.1, 0.15) is 5.56 Å². The molecule has 0 bridgehead atoms. The number of amides is 1. The molecule has 0 aromatic heterocycles. The second-order valence-electron chi connectivity index (χ2n) is 5.22. The number of nitrogens with two attached hydrogens (primary N) is 1. The zero-order valence-corrected chi connectivity index (χ0v) is 12.1. The Kier molecular flexibility index (Phi) is 5.98. The first-order valence-electron chi connectivity index (χ1n) is 7.26. The Balaban J connectivity index is 1.68. The summed E-state index contributed by atoms with van der Waals surface area (Å²) in [6.45, 7) is 4.76. The molecular weight excluding hydrogens is 270 g/mol. The van der Waals surface area contributed by atoms with Crippen LogP contribution in [0.5, 0.6) is 5.75 Å². The van der Waals surface area contributed by atoms with Gasteiger partial charge < -0.3 is 20.9 Å². The van der Waals surface area contributed by atoms with Gasteiger partial charge >= 0.3 is 0 Å². The number of carbonyl (C=O) groups is 1. The van der Waals surface area contributed by atoms with Crippen molar-refractivity contribution in [3.63, 3.8) is 0 Å². The van der Waals surface area contributed by atoms with Crippen LogP contribution in [0.4, 0.5) is 0 Å². The Bertz CT molecular complexity index is 444. The fourth-order valence-electron chi connectivity index (χ4n) is 2.27. The van der Waals surface area contributed by atoms with Gasteiger partial charge in [0.2, 0.25) is 5.91 Å². The highest BCUT2D eigenvalue weighted by Gasteiger charge is 2.15. The minimum atomic E-state index is -0.570. The number of hydrogen-bond acceptors (Lipinski definition) is 5. The van der Waals surface area contributed by atoms with Crippen LogP contribution in [0.3, 0.4) is 0 Å². The van der Waals surface area contributed by atoms with Gasteiger partial charge in [0.05, 0.1) is 19.3 Å². The van der Waals surface area contributed by atoms with E-state index in [0.29, 0.717) is 13.0 Å². The average molecular weight is 293 g/mol. The Morgan fingerprint density at radius 2 is 2.00 bits per heavy atom. The molecule has 1 saturated heterocycles. The largest absolute Gasteiger partial charge is 0.508 e. The highest BCUT2D eigenvalue weighted by atomic mass is 16.5. The molecule has 0 saturated carbocycles. The van der Waals surface area contributed by atoms with Crippen LogP contribution >= 0.6 is 0 Å². The van der Waals surface area contributed by atoms with Crippen molar-refractivity contribution in [2.75, 3.05) is 39.4 Å². The fraction of sp³-hybridized carbons (Fsp3) is 0.533. The highest BCUT2D eigenvalue weighted by Crippen LogP contribution is 2.10. The normalized spacial score (nSPS) is 17.4. The van der Waals surface area contributed by atoms with Crippen LogP contribution in [0, 0.1) is 0 Å². The van der Waals surface area contributed by atoms with Gasteiger partial charge in [-0.2, -0.15) is 0 Å². The van der Waals surface area contributed by atoms with Crippen LogP contribution in [0.2, 0.25) is 0 Å². The minimum Gasteiger partial charge on any atom is -0.508 e. The molecule has 0 radical (unpaired) electrons. The molecular formula is C15H23N3O3. The van der Waals surface area contributed by atoms with E-state index < -0.39 is 6.04 Å². The van der Waals surface area contributed by atoms with Crippen molar-refractivity contribution in [1.82, 2.24) is 10.2 Å². The van der Waals surface area contributed by atoms with Crippen molar-refractivity contribution in [1.29, 1.82) is 0 Å². The van der Waals surface area contributed by atoms with E-state index in [0.717, 1.165) is 38.4 Å². The number of rotatable bonds is 6. The smallest absolute Gasteiger partial charge is 0.237 e. The van der Waals surface area contributed by atoms with Gasteiger partial charge in [-0.25, -0.2) is 0 Å². The summed E-state index contributed by atoms with van der Waals surface area (Å²) in [4.78, 5) is 14.2. The number of phenols is 1. The van der Waals surface area contributed by atoms with Crippen molar-refractivity contribution >= 4 is 5.91 Å². The van der Waals surface area contributed by atoms with E-state index in [1.54, 1.807) is 24.3 Å². The van der Waals surface area contributed by atoms with E-state index in [1.165, 1.54) is 0 Å². The monoisotopic (exact) mass is 293 g/mol. The van der Waals surface area contributed by atoms with Crippen LogP contribution in [-0.4, -0.2) is 61.3 Å². The van der Waals surface area contributed by atoms with E-state index >= 15 is 0 Å². The Morgan fingerprint density at radius 1 is 1.33 bits per heavy atom. The predicted molar refractivity (Wildman–Crippen MR) is 80.1 cm³/mol. The van der Waals surface area contributed by atoms with Gasteiger partial charge in [-0.1, -0.05) is 12.1 Å². The molecule has 6 nitrogen and oxygen atoms in total. The van der Waals surface area contributed by atoms with Gasteiger partial charge in [0.15, 0.2) is 0 Å². The summed E-state index contributed by atoms with van der Waals surface area (Å²) in [6.07, 6.45) is 0.462. The maximum atomic E-state index is 11.9. The molecule has 2 rings (SSSR count). The van der Waals surface area contributed by atoms with Crippen LogP contribution in [-0.2, 0) is 16.0 Å². The second-order valence-corrected chi connectivity index (χ2v) is 5.22. The summed E-state index contributed by atoms with van der Waals surface area (Å²) >= 11 is 0. The first-order chi connectivity index (χ1) is 10.1. The molecule has 4 N–H and O–H groups in total. The highest BCUT2D eigenvalue weighted by molar-refractivity contribution is 5.81. The van der Waals surface area contributed by atoms with E-state index in [2.05, 4.69) is 10.2 Å². The summed E-state index contributed by atoms with van der Waals surface area (Å²) in [7, 11) is 0. The SMILES string of the molecule is NC(Cc1ccc(O)cc1)C(=O)NCCN1CCOCC1. The summed E-state index contributed by atoms with van der Waals surface area (Å²) in [6, 6.07) is 6.17. The summed E-state index contributed by atoms with van der Waals surface area (Å²) in [5, 5.41) is 12.1. The zero-order valence-electron chi connectivity index (χ0n) is 12.1. The average Bonchev–Trinajstić information content (AvgIpc) is 2.50. The summed E-state index contributed by atoms with van der Waals surface area (Å²) in [5.74, 6) is 0.0682. The molecule has 0 spiro atoms. The van der Waals surface area contributed by atoms with Crippen molar-refractivity contribution in [3.8, 4) is 5.75 Å². The lowest BCUT2D eigenvalue weighted by Gasteiger charge is -2.26. The molecule has 6 heteroatoms. The molecule has 1 aromatic rings. The van der Waals surface area contributed by atoms with E-state index in [4.69, 9.17) is 10.5 Å². The number of phenolic OH excluding ortho intramolecular Hbond substituents is 1. The first-order valence-corrected chi connectivity index (χ1v) is 7.26. The summed E-state index contributed by atoms with van der Waals surface area (Å²) in [5.41, 5.74) is 6.83. The maximum Gasteiger partial charge on any atom is 0.237 e. The minimum absolute atomic E-state index is 0.142. The van der Waals surface area contributed by atoms with Crippen molar-refractivity contribution in [2.24, 2.45) is 5.73 Å². The fourth-order valence-corrected chi connectivity index (χ4v) is 2.27. The number of hydrogen-bond donors (Lipinski definition) is 3. The van der Waals surface area contributed by atoms with Gasteiger partial charge in [0.1, 0.15) is 5.75 Å². The molecule has 1 aliphatic heterocycles. The standard InChI is InChI=1S/C15H23N3O3/c16-14(11-12-1-3-13(19)4-2-12)15(20)17-5-6-18-7-9-21-10-8-18/h1-4,14,19H,5-11,16H2,(H,17,20). The lowest BCUT2D eigenvalue weighted by molar-refractivity contribution is -0.122. The number of ether oxygens (including phenoxy) is 1. The molecule has 1 unspecified atom stereocenters. The molecule has 1 amide bonds. The molecule has 116 valence electrons. The van der Waals surface area contributed by atoms with Gasteiger partial charge in [0, 0.05) is 26.2 Å². The number of nitrogens with one attached hydrogen (secondary N) is 1.